The van der Waals surface area contributed by atoms with Gasteiger partial charge in [0.1, 0.15) is 17.5 Å². The number of nitriles is 1. The van der Waals surface area contributed by atoms with Crippen molar-refractivity contribution in [2.45, 2.75) is 21.3 Å². The first-order chi connectivity index (χ1) is 15.1. The molecule has 1 amide bonds. The molecular formula is C23H31N7O2. The predicted molar refractivity (Wildman–Crippen MR) is 127 cm³/mol. The van der Waals surface area contributed by atoms with E-state index in [1.54, 1.807) is 6.20 Å². The number of aryl methyl sites for hydroxylation is 1. The number of nitrogens with zero attached hydrogens (tertiary/aromatic N) is 5. The second kappa shape index (κ2) is 10.2. The summed E-state index contributed by atoms with van der Waals surface area (Å²) in [4.78, 5) is 25.3. The lowest BCUT2D eigenvalue weighted by Crippen LogP contribution is -2.41. The number of carbonyl (C=O) groups is 1. The summed E-state index contributed by atoms with van der Waals surface area (Å²) in [5, 5.41) is 16.1. The van der Waals surface area contributed by atoms with E-state index >= 15 is 0 Å². The molecule has 1 aromatic heterocycles. The summed E-state index contributed by atoms with van der Waals surface area (Å²) in [7, 11) is 0. The fourth-order valence-electron chi connectivity index (χ4n) is 3.76. The molecule has 0 atom stereocenters. The lowest BCUT2D eigenvalue weighted by atomic mass is 10.1. The fourth-order valence-corrected chi connectivity index (χ4v) is 3.76. The molecule has 0 unspecified atom stereocenters. The number of amides is 1. The Kier molecular flexibility index (Phi) is 7.41. The smallest absolute Gasteiger partial charge is 0.240 e. The van der Waals surface area contributed by atoms with Gasteiger partial charge in [0.05, 0.1) is 36.8 Å². The van der Waals surface area contributed by atoms with E-state index in [9.17, 15) is 10.1 Å². The molecule has 0 spiro atoms. The first-order valence-electron chi connectivity index (χ1n) is 10.3. The molecule has 2 N–H and O–H groups in total. The first kappa shape index (κ1) is 23.2. The number of nitrogens with one attached hydrogen (secondary N) is 2. The van der Waals surface area contributed by atoms with Crippen molar-refractivity contribution in [3.63, 3.8) is 0 Å². The van der Waals surface area contributed by atoms with Gasteiger partial charge in [-0.2, -0.15) is 5.26 Å². The molecule has 2 aliphatic heterocycles. The molecule has 2 aliphatic rings. The van der Waals surface area contributed by atoms with Crippen LogP contribution in [0.5, 0.6) is 0 Å². The third kappa shape index (κ3) is 4.72. The van der Waals surface area contributed by atoms with Gasteiger partial charge in [0.25, 0.3) is 0 Å². The van der Waals surface area contributed by atoms with Crippen LogP contribution in [0, 0.1) is 18.3 Å². The number of rotatable bonds is 5. The number of fused-ring (bicyclic) bond motifs is 1. The molecule has 3 heterocycles. The van der Waals surface area contributed by atoms with Gasteiger partial charge in [0, 0.05) is 27.3 Å². The van der Waals surface area contributed by atoms with Gasteiger partial charge in [0.15, 0.2) is 0 Å². The number of hydrogen-bond donors (Lipinski definition) is 2. The highest BCUT2D eigenvalue weighted by Gasteiger charge is 2.27. The number of aromatic nitrogens is 2. The third-order valence-electron chi connectivity index (χ3n) is 5.31. The first-order valence-corrected chi connectivity index (χ1v) is 10.3. The largest absolute Gasteiger partial charge is 0.379 e. The summed E-state index contributed by atoms with van der Waals surface area (Å²) in [6, 6.07) is 10.2. The van der Waals surface area contributed by atoms with Crippen LogP contribution in [0.25, 0.3) is 5.57 Å². The molecule has 32 heavy (non-hydrogen) atoms. The van der Waals surface area contributed by atoms with E-state index in [4.69, 9.17) is 4.74 Å². The minimum Gasteiger partial charge on any atom is -0.379 e. The number of para-hydroxylation sites is 2. The summed E-state index contributed by atoms with van der Waals surface area (Å²) in [5.74, 6) is 0.675. The summed E-state index contributed by atoms with van der Waals surface area (Å²) in [6.07, 6.45) is 1.63. The van der Waals surface area contributed by atoms with Crippen LogP contribution >= 0.6 is 0 Å². The Labute approximate surface area is 190 Å². The topological polar surface area (TPSA) is 106 Å². The Morgan fingerprint density at radius 3 is 2.81 bits per heavy atom. The molecule has 1 aromatic carbocycles. The van der Waals surface area contributed by atoms with E-state index in [1.807, 2.05) is 47.9 Å². The molecule has 0 saturated carbocycles. The molecule has 0 bridgehead atoms. The zero-order valence-electron chi connectivity index (χ0n) is 17.7. The van der Waals surface area contributed by atoms with E-state index in [0.29, 0.717) is 36.8 Å². The van der Waals surface area contributed by atoms with Crippen LogP contribution in [0.1, 0.15) is 27.0 Å². The number of ether oxygens (including phenoxy) is 1. The van der Waals surface area contributed by atoms with E-state index in [2.05, 4.69) is 26.7 Å². The van der Waals surface area contributed by atoms with E-state index < -0.39 is 0 Å². The molecule has 0 aliphatic carbocycles. The minimum atomic E-state index is -0.190. The van der Waals surface area contributed by atoms with Crippen molar-refractivity contribution in [3.05, 3.63) is 47.5 Å². The third-order valence-corrected chi connectivity index (χ3v) is 5.31. The van der Waals surface area contributed by atoms with Crippen LogP contribution in [0.2, 0.25) is 0 Å². The van der Waals surface area contributed by atoms with Crippen molar-refractivity contribution in [3.8, 4) is 6.07 Å². The Balaban J connectivity index is 0.00000193. The molecule has 170 valence electrons. The normalized spacial score (nSPS) is 17.0. The van der Waals surface area contributed by atoms with Gasteiger partial charge >= 0.3 is 0 Å². The summed E-state index contributed by atoms with van der Waals surface area (Å²) >= 11 is 0. The Hall–Kier alpha value is -3.48. The monoisotopic (exact) mass is 437 g/mol. The van der Waals surface area contributed by atoms with Gasteiger partial charge in [-0.05, 0) is 31.5 Å². The second-order valence-corrected chi connectivity index (χ2v) is 7.38. The van der Waals surface area contributed by atoms with Crippen molar-refractivity contribution in [1.82, 2.24) is 14.9 Å². The molecular weight excluding hydrogens is 406 g/mol. The van der Waals surface area contributed by atoms with Gasteiger partial charge in [-0.3, -0.25) is 15.0 Å². The number of hydrogen-bond acceptors (Lipinski definition) is 8. The fraction of sp³-hybridized carbons (Fsp3) is 0.391. The summed E-state index contributed by atoms with van der Waals surface area (Å²) in [5.41, 5.74) is 3.61. The van der Waals surface area contributed by atoms with E-state index in [1.165, 1.54) is 0 Å². The molecule has 1 saturated heterocycles. The standard InChI is InChI=1S/C22H25N7O2.CH4.H2/c1-3-29-18-7-5-4-6-17(18)25-21(29)16(12-23)20-15(2)13-24-22(27-20)26-19(30)14-28-8-10-31-11-9-28;;/h4-7,13,25H,3,8-11,14H2,1-2H3,(H,24,26,27,30);1H4;1H/b21-16+;;. The van der Waals surface area contributed by atoms with Crippen LogP contribution in [0.3, 0.4) is 0 Å². The Morgan fingerprint density at radius 1 is 1.34 bits per heavy atom. The van der Waals surface area contributed by atoms with Crippen LogP contribution in [-0.4, -0.2) is 60.2 Å². The Morgan fingerprint density at radius 2 is 2.09 bits per heavy atom. The number of morpholine rings is 1. The Bertz CT molecular complexity index is 1060. The van der Waals surface area contributed by atoms with Gasteiger partial charge in [-0.25, -0.2) is 9.97 Å². The number of carbonyl (C=O) groups excluding carboxylic acids is 1. The van der Waals surface area contributed by atoms with Crippen LogP contribution in [0.4, 0.5) is 17.3 Å². The van der Waals surface area contributed by atoms with Gasteiger partial charge in [-0.15, -0.1) is 0 Å². The van der Waals surface area contributed by atoms with Crippen molar-refractivity contribution in [1.29, 1.82) is 5.26 Å². The maximum atomic E-state index is 12.4. The SMILES string of the molecule is C.CCN1/C(=C(\C#N)c2nc(NC(=O)CN3CCOCC3)ncc2C)Nc2ccccc21.[HH]. The maximum Gasteiger partial charge on any atom is 0.240 e. The van der Waals surface area contributed by atoms with Crippen molar-refractivity contribution >= 4 is 28.8 Å². The number of benzene rings is 1. The predicted octanol–water partition coefficient (Wildman–Crippen LogP) is 3.08. The van der Waals surface area contributed by atoms with E-state index in [0.717, 1.165) is 30.0 Å². The quantitative estimate of drug-likeness (QED) is 0.688. The van der Waals surface area contributed by atoms with Gasteiger partial charge in [-0.1, -0.05) is 19.6 Å². The lowest BCUT2D eigenvalue weighted by Gasteiger charge is -2.25. The van der Waals surface area contributed by atoms with Crippen LogP contribution < -0.4 is 15.5 Å². The molecule has 1 fully saturated rings. The van der Waals surface area contributed by atoms with Crippen molar-refractivity contribution < 1.29 is 11.0 Å². The van der Waals surface area contributed by atoms with Gasteiger partial charge in [0.2, 0.25) is 11.9 Å². The maximum absolute atomic E-state index is 12.4. The van der Waals surface area contributed by atoms with Crippen molar-refractivity contribution in [2.75, 3.05) is 54.9 Å². The van der Waals surface area contributed by atoms with Crippen LogP contribution in [0.15, 0.2) is 36.3 Å². The lowest BCUT2D eigenvalue weighted by molar-refractivity contribution is -0.118. The summed E-state index contributed by atoms with van der Waals surface area (Å²) in [6.45, 7) is 7.52. The molecule has 9 heteroatoms. The summed E-state index contributed by atoms with van der Waals surface area (Å²) < 4.78 is 5.31. The van der Waals surface area contributed by atoms with Gasteiger partial charge < -0.3 is 15.0 Å². The van der Waals surface area contributed by atoms with E-state index in [-0.39, 0.29) is 27.3 Å². The second-order valence-electron chi connectivity index (χ2n) is 7.38. The molecule has 4 rings (SSSR count). The highest BCUT2D eigenvalue weighted by Crippen LogP contribution is 2.38. The van der Waals surface area contributed by atoms with Crippen LogP contribution in [-0.2, 0) is 9.53 Å². The zero-order chi connectivity index (χ0) is 21.8. The molecule has 9 nitrogen and oxygen atoms in total. The van der Waals surface area contributed by atoms with Crippen molar-refractivity contribution in [2.24, 2.45) is 0 Å². The number of allylic oxidation sites excluding steroid dienone is 1. The average Bonchev–Trinajstić information content (AvgIpc) is 3.15. The number of anilines is 3. The molecule has 0 radical (unpaired) electrons. The molecule has 2 aromatic rings. The minimum absolute atomic E-state index is 0. The average molecular weight is 438 g/mol. The highest BCUT2D eigenvalue weighted by atomic mass is 16.5. The zero-order valence-corrected chi connectivity index (χ0v) is 17.7. The highest BCUT2D eigenvalue weighted by molar-refractivity contribution is 5.93.